The molecule has 0 aliphatic rings. The molecule has 2 aromatic heterocycles. The van der Waals surface area contributed by atoms with Crippen LogP contribution in [0.25, 0.3) is 10.7 Å². The van der Waals surface area contributed by atoms with Crippen molar-refractivity contribution in [2.75, 3.05) is 12.4 Å². The number of rotatable bonds is 6. The van der Waals surface area contributed by atoms with Gasteiger partial charge in [-0.05, 0) is 41.3 Å². The molecule has 0 fully saturated rings. The number of amides is 1. The van der Waals surface area contributed by atoms with E-state index < -0.39 is 0 Å². The molecule has 0 saturated heterocycles. The van der Waals surface area contributed by atoms with Crippen LogP contribution >= 0.6 is 22.9 Å². The number of benzene rings is 2. The zero-order valence-electron chi connectivity index (χ0n) is 15.4. The van der Waals surface area contributed by atoms with E-state index in [1.54, 1.807) is 29.5 Å². The second-order valence-electron chi connectivity index (χ2n) is 6.12. The number of thiophene rings is 1. The number of hydrogen-bond acceptors (Lipinski definition) is 6. The van der Waals surface area contributed by atoms with Crippen LogP contribution in [0, 0.1) is 0 Å². The molecule has 0 aliphatic heterocycles. The molecule has 2 aromatic carbocycles. The van der Waals surface area contributed by atoms with Gasteiger partial charge in [-0.2, -0.15) is 4.98 Å². The third kappa shape index (κ3) is 4.31. The number of carbonyl (C=O) groups is 1. The first-order valence-corrected chi connectivity index (χ1v) is 9.99. The first-order chi connectivity index (χ1) is 14.1. The lowest BCUT2D eigenvalue weighted by Crippen LogP contribution is -2.14. The van der Waals surface area contributed by atoms with Crippen LogP contribution < -0.4 is 10.1 Å². The number of para-hydroxylation sites is 1. The minimum absolute atomic E-state index is 0.318. The van der Waals surface area contributed by atoms with Gasteiger partial charge in [0.2, 0.25) is 11.7 Å². The number of methoxy groups -OCH3 is 1. The van der Waals surface area contributed by atoms with E-state index in [4.69, 9.17) is 20.9 Å². The van der Waals surface area contributed by atoms with Crippen LogP contribution in [-0.2, 0) is 6.42 Å². The van der Waals surface area contributed by atoms with Crippen LogP contribution in [0.4, 0.5) is 5.69 Å². The molecule has 0 atom stereocenters. The second kappa shape index (κ2) is 8.46. The molecular weight excluding hydrogens is 410 g/mol. The number of aromatic nitrogens is 2. The quantitative estimate of drug-likeness (QED) is 0.453. The highest BCUT2D eigenvalue weighted by molar-refractivity contribution is 7.13. The summed E-state index contributed by atoms with van der Waals surface area (Å²) in [5, 5.41) is 9.36. The van der Waals surface area contributed by atoms with Gasteiger partial charge in [0, 0.05) is 10.7 Å². The van der Waals surface area contributed by atoms with Gasteiger partial charge in [-0.3, -0.25) is 4.79 Å². The fourth-order valence-electron chi connectivity index (χ4n) is 2.84. The van der Waals surface area contributed by atoms with Crippen LogP contribution in [0.15, 0.2) is 64.5 Å². The van der Waals surface area contributed by atoms with Crippen molar-refractivity contribution >= 4 is 34.5 Å². The van der Waals surface area contributed by atoms with Gasteiger partial charge < -0.3 is 14.6 Å². The summed E-state index contributed by atoms with van der Waals surface area (Å²) in [5.41, 5.74) is 1.85. The van der Waals surface area contributed by atoms with Crippen LogP contribution in [0.1, 0.15) is 21.8 Å². The van der Waals surface area contributed by atoms with Gasteiger partial charge in [-0.15, -0.1) is 11.3 Å². The maximum atomic E-state index is 12.8. The molecule has 0 unspecified atom stereocenters. The molecule has 146 valence electrons. The zero-order chi connectivity index (χ0) is 20.2. The predicted molar refractivity (Wildman–Crippen MR) is 113 cm³/mol. The number of carbonyl (C=O) groups excluding carboxylic acids is 1. The van der Waals surface area contributed by atoms with Gasteiger partial charge in [0.1, 0.15) is 5.75 Å². The summed E-state index contributed by atoms with van der Waals surface area (Å²) >= 11 is 7.59. The van der Waals surface area contributed by atoms with Crippen LogP contribution in [-0.4, -0.2) is 23.2 Å². The van der Waals surface area contributed by atoms with E-state index in [0.717, 1.165) is 10.4 Å². The molecule has 29 heavy (non-hydrogen) atoms. The van der Waals surface area contributed by atoms with Gasteiger partial charge in [0.05, 0.1) is 24.0 Å². The standard InChI is InChI=1S/C21H16ClN3O3S/c1-27-17-9-8-14(22)12-15(17)21(26)23-16-6-3-2-5-13(16)11-19-24-20(25-28-19)18-7-4-10-29-18/h2-10,12H,11H2,1H3,(H,23,26). The number of ether oxygens (including phenoxy) is 1. The number of halogens is 1. The molecule has 8 heteroatoms. The molecule has 0 spiro atoms. The highest BCUT2D eigenvalue weighted by Crippen LogP contribution is 2.26. The van der Waals surface area contributed by atoms with Gasteiger partial charge in [0.15, 0.2) is 0 Å². The molecule has 6 nitrogen and oxygen atoms in total. The SMILES string of the molecule is COc1ccc(Cl)cc1C(=O)Nc1ccccc1Cc1nc(-c2cccs2)no1. The van der Waals surface area contributed by atoms with Crippen molar-refractivity contribution in [1.29, 1.82) is 0 Å². The zero-order valence-corrected chi connectivity index (χ0v) is 17.0. The van der Waals surface area contributed by atoms with Gasteiger partial charge in [-0.1, -0.05) is 41.0 Å². The Morgan fingerprint density at radius 3 is 2.86 bits per heavy atom. The summed E-state index contributed by atoms with van der Waals surface area (Å²) in [6, 6.07) is 16.2. The molecule has 4 rings (SSSR count). The number of nitrogens with zero attached hydrogens (tertiary/aromatic N) is 2. The second-order valence-corrected chi connectivity index (χ2v) is 7.51. The van der Waals surface area contributed by atoms with E-state index in [0.29, 0.717) is 40.2 Å². The Morgan fingerprint density at radius 2 is 2.07 bits per heavy atom. The number of anilines is 1. The number of nitrogens with one attached hydrogen (secondary N) is 1. The van der Waals surface area contributed by atoms with Gasteiger partial charge in [-0.25, -0.2) is 0 Å². The molecule has 1 amide bonds. The fourth-order valence-corrected chi connectivity index (χ4v) is 3.66. The van der Waals surface area contributed by atoms with Crippen molar-refractivity contribution in [3.05, 3.63) is 82.0 Å². The van der Waals surface area contributed by atoms with E-state index in [-0.39, 0.29) is 5.91 Å². The van der Waals surface area contributed by atoms with Crippen molar-refractivity contribution in [3.8, 4) is 16.5 Å². The third-order valence-corrected chi connectivity index (χ3v) is 5.32. The third-order valence-electron chi connectivity index (χ3n) is 4.22. The van der Waals surface area contributed by atoms with Crippen molar-refractivity contribution in [2.45, 2.75) is 6.42 Å². The summed E-state index contributed by atoms with van der Waals surface area (Å²) in [6.07, 6.45) is 0.390. The Kier molecular flexibility index (Phi) is 5.59. The summed E-state index contributed by atoms with van der Waals surface area (Å²) in [4.78, 5) is 18.2. The van der Waals surface area contributed by atoms with Crippen LogP contribution in [0.5, 0.6) is 5.75 Å². The highest BCUT2D eigenvalue weighted by atomic mass is 35.5. The minimum atomic E-state index is -0.318. The smallest absolute Gasteiger partial charge is 0.259 e. The fraction of sp³-hybridized carbons (Fsp3) is 0.0952. The van der Waals surface area contributed by atoms with Crippen molar-refractivity contribution in [2.24, 2.45) is 0 Å². The van der Waals surface area contributed by atoms with E-state index in [9.17, 15) is 4.79 Å². The lowest BCUT2D eigenvalue weighted by Gasteiger charge is -2.12. The molecule has 2 heterocycles. The van der Waals surface area contributed by atoms with Crippen molar-refractivity contribution in [1.82, 2.24) is 10.1 Å². The van der Waals surface area contributed by atoms with Crippen LogP contribution in [0.2, 0.25) is 5.02 Å². The number of hydrogen-bond donors (Lipinski definition) is 1. The summed E-state index contributed by atoms with van der Waals surface area (Å²) in [7, 11) is 1.51. The largest absolute Gasteiger partial charge is 0.496 e. The first kappa shape index (κ1) is 19.2. The Hall–Kier alpha value is -3.16. The van der Waals surface area contributed by atoms with Crippen molar-refractivity contribution < 1.29 is 14.1 Å². The first-order valence-electron chi connectivity index (χ1n) is 8.73. The van der Waals surface area contributed by atoms with Crippen LogP contribution in [0.3, 0.4) is 0 Å². The Bertz CT molecular complexity index is 1140. The minimum Gasteiger partial charge on any atom is -0.496 e. The van der Waals surface area contributed by atoms with Crippen molar-refractivity contribution in [3.63, 3.8) is 0 Å². The maximum Gasteiger partial charge on any atom is 0.259 e. The van der Waals surface area contributed by atoms with Gasteiger partial charge in [0.25, 0.3) is 5.91 Å². The van der Waals surface area contributed by atoms with E-state index in [1.165, 1.54) is 7.11 Å². The average Bonchev–Trinajstić information content (AvgIpc) is 3.41. The lowest BCUT2D eigenvalue weighted by atomic mass is 10.1. The summed E-state index contributed by atoms with van der Waals surface area (Å²) < 4.78 is 10.7. The summed E-state index contributed by atoms with van der Waals surface area (Å²) in [5.74, 6) is 1.15. The van der Waals surface area contributed by atoms with E-state index in [1.807, 2.05) is 41.8 Å². The Balaban J connectivity index is 1.56. The normalized spacial score (nSPS) is 10.7. The molecule has 1 N–H and O–H groups in total. The summed E-state index contributed by atoms with van der Waals surface area (Å²) in [6.45, 7) is 0. The van der Waals surface area contributed by atoms with E-state index in [2.05, 4.69) is 15.5 Å². The molecule has 0 saturated carbocycles. The monoisotopic (exact) mass is 425 g/mol. The predicted octanol–water partition coefficient (Wildman–Crippen LogP) is 5.30. The highest BCUT2D eigenvalue weighted by Gasteiger charge is 2.16. The molecule has 0 aliphatic carbocycles. The molecular formula is C21H16ClN3O3S. The molecule has 0 radical (unpaired) electrons. The van der Waals surface area contributed by atoms with E-state index >= 15 is 0 Å². The molecule has 0 bridgehead atoms. The van der Waals surface area contributed by atoms with Gasteiger partial charge >= 0.3 is 0 Å². The molecule has 4 aromatic rings. The topological polar surface area (TPSA) is 77.2 Å². The lowest BCUT2D eigenvalue weighted by molar-refractivity contribution is 0.102. The average molecular weight is 426 g/mol. The Labute approximate surface area is 176 Å². The maximum absolute atomic E-state index is 12.8. The Morgan fingerprint density at radius 1 is 1.21 bits per heavy atom.